The molecule has 1 fully saturated rings. The molecule has 1 nitrogen and oxygen atoms in total. The summed E-state index contributed by atoms with van der Waals surface area (Å²) in [4.78, 5) is 0. The van der Waals surface area contributed by atoms with Crippen molar-refractivity contribution >= 4 is 11.8 Å². The van der Waals surface area contributed by atoms with Gasteiger partial charge in [0.2, 0.25) is 0 Å². The lowest BCUT2D eigenvalue weighted by atomic mass is 10.3. The molecule has 0 bridgehead atoms. The molecule has 0 radical (unpaired) electrons. The fraction of sp³-hybridized carbons (Fsp3) is 0.667. The predicted octanol–water partition coefficient (Wildman–Crippen LogP) is 1.41. The molecule has 0 saturated carbocycles. The molecular weight excluding hydrogens is 120 g/mol. The van der Waals surface area contributed by atoms with Gasteiger partial charge in [-0.15, -0.1) is 11.8 Å². The Kier molecular flexibility index (Phi) is 1.00. The van der Waals surface area contributed by atoms with Crippen LogP contribution in [0.3, 0.4) is 0 Å². The van der Waals surface area contributed by atoms with E-state index in [1.165, 1.54) is 17.9 Å². The average molecular weight is 128 g/mol. The van der Waals surface area contributed by atoms with Crippen molar-refractivity contribution in [3.05, 3.63) is 11.8 Å². The molecule has 0 aromatic rings. The van der Waals surface area contributed by atoms with Gasteiger partial charge in [0.05, 0.1) is 11.9 Å². The molecule has 0 aromatic heterocycles. The molecule has 0 aliphatic carbocycles. The van der Waals surface area contributed by atoms with Crippen LogP contribution in [0.25, 0.3) is 0 Å². The summed E-state index contributed by atoms with van der Waals surface area (Å²) in [6.45, 7) is 0.948. The highest BCUT2D eigenvalue weighted by atomic mass is 32.2. The Bertz CT molecular complexity index is 130. The highest BCUT2D eigenvalue weighted by Crippen LogP contribution is 2.34. The van der Waals surface area contributed by atoms with E-state index >= 15 is 0 Å². The number of hydrogen-bond acceptors (Lipinski definition) is 2. The predicted molar refractivity (Wildman–Crippen MR) is 34.9 cm³/mol. The fourth-order valence-electron chi connectivity index (χ4n) is 1.12. The van der Waals surface area contributed by atoms with E-state index in [-0.39, 0.29) is 0 Å². The molecule has 1 atom stereocenters. The van der Waals surface area contributed by atoms with Gasteiger partial charge in [-0.2, -0.15) is 0 Å². The van der Waals surface area contributed by atoms with Crippen LogP contribution in [0.15, 0.2) is 11.8 Å². The van der Waals surface area contributed by atoms with E-state index in [1.807, 2.05) is 11.8 Å². The lowest BCUT2D eigenvalue weighted by Gasteiger charge is -1.96. The first-order valence-corrected chi connectivity index (χ1v) is 3.96. The molecule has 0 spiro atoms. The zero-order valence-electron chi connectivity index (χ0n) is 4.59. The fourth-order valence-corrected chi connectivity index (χ4v) is 2.21. The minimum absolute atomic E-state index is 0.731. The minimum Gasteiger partial charge on any atom is -0.497 e. The molecule has 8 heavy (non-hydrogen) atoms. The molecule has 0 aromatic carbocycles. The highest BCUT2D eigenvalue weighted by molar-refractivity contribution is 8.00. The molecule has 2 heteroatoms. The Morgan fingerprint density at radius 1 is 1.75 bits per heavy atom. The van der Waals surface area contributed by atoms with Crippen molar-refractivity contribution in [2.75, 3.05) is 12.4 Å². The summed E-state index contributed by atoms with van der Waals surface area (Å²) in [6, 6.07) is 0. The van der Waals surface area contributed by atoms with Crippen molar-refractivity contribution in [2.24, 2.45) is 0 Å². The van der Waals surface area contributed by atoms with Crippen LogP contribution in [0, 0.1) is 0 Å². The van der Waals surface area contributed by atoms with Crippen molar-refractivity contribution in [2.45, 2.75) is 11.7 Å². The Morgan fingerprint density at radius 3 is 3.62 bits per heavy atom. The first-order chi connectivity index (χ1) is 3.97. The van der Waals surface area contributed by atoms with Crippen molar-refractivity contribution < 1.29 is 4.74 Å². The van der Waals surface area contributed by atoms with Crippen LogP contribution < -0.4 is 0 Å². The maximum absolute atomic E-state index is 5.32. The van der Waals surface area contributed by atoms with E-state index < -0.39 is 0 Å². The zero-order valence-corrected chi connectivity index (χ0v) is 5.41. The Morgan fingerprint density at radius 2 is 2.75 bits per heavy atom. The van der Waals surface area contributed by atoms with E-state index in [0.717, 1.165) is 11.9 Å². The van der Waals surface area contributed by atoms with Crippen LogP contribution >= 0.6 is 11.8 Å². The van der Waals surface area contributed by atoms with Crippen molar-refractivity contribution in [1.29, 1.82) is 0 Å². The average Bonchev–Trinajstić information content (AvgIpc) is 2.15. The van der Waals surface area contributed by atoms with Crippen LogP contribution in [0.4, 0.5) is 0 Å². The summed E-state index contributed by atoms with van der Waals surface area (Å²) >= 11 is 2.00. The van der Waals surface area contributed by atoms with Crippen molar-refractivity contribution in [1.82, 2.24) is 0 Å². The number of ether oxygens (including phenoxy) is 1. The molecular formula is C6H8OS. The van der Waals surface area contributed by atoms with Gasteiger partial charge in [-0.3, -0.25) is 0 Å². The number of thioether (sulfide) groups is 1. The van der Waals surface area contributed by atoms with Gasteiger partial charge < -0.3 is 4.74 Å². The third kappa shape index (κ3) is 0.558. The van der Waals surface area contributed by atoms with Gasteiger partial charge in [0.25, 0.3) is 0 Å². The summed E-state index contributed by atoms with van der Waals surface area (Å²) in [7, 11) is 0. The van der Waals surface area contributed by atoms with Crippen LogP contribution in [0.2, 0.25) is 0 Å². The Hall–Kier alpha value is -0.110. The van der Waals surface area contributed by atoms with Gasteiger partial charge in [0, 0.05) is 12.2 Å². The smallest absolute Gasteiger partial charge is 0.106 e. The molecule has 2 aliphatic rings. The maximum atomic E-state index is 5.32. The third-order valence-corrected chi connectivity index (χ3v) is 2.78. The molecule has 2 aliphatic heterocycles. The summed E-state index contributed by atoms with van der Waals surface area (Å²) in [5, 5.41) is 0.731. The van der Waals surface area contributed by atoms with Gasteiger partial charge >= 0.3 is 0 Å². The van der Waals surface area contributed by atoms with E-state index in [4.69, 9.17) is 4.74 Å². The maximum Gasteiger partial charge on any atom is 0.106 e. The topological polar surface area (TPSA) is 9.23 Å². The van der Waals surface area contributed by atoms with E-state index in [9.17, 15) is 0 Å². The number of hydrogen-bond donors (Lipinski definition) is 0. The first kappa shape index (κ1) is 4.74. The second-order valence-electron chi connectivity index (χ2n) is 2.07. The van der Waals surface area contributed by atoms with Crippen molar-refractivity contribution in [3.63, 3.8) is 0 Å². The first-order valence-electron chi connectivity index (χ1n) is 2.91. The molecule has 1 saturated heterocycles. The van der Waals surface area contributed by atoms with Gasteiger partial charge in [0.1, 0.15) is 5.76 Å². The van der Waals surface area contributed by atoms with Gasteiger partial charge in [-0.1, -0.05) is 0 Å². The number of rotatable bonds is 0. The second kappa shape index (κ2) is 1.69. The zero-order chi connectivity index (χ0) is 5.40. The Labute approximate surface area is 53.1 Å². The van der Waals surface area contributed by atoms with Crippen LogP contribution in [0.5, 0.6) is 0 Å². The molecule has 0 N–H and O–H groups in total. The molecule has 1 unspecified atom stereocenters. The normalized spacial score (nSPS) is 34.0. The van der Waals surface area contributed by atoms with Crippen LogP contribution in [-0.4, -0.2) is 17.6 Å². The Balaban J connectivity index is 2.20. The quantitative estimate of drug-likeness (QED) is 0.487. The minimum atomic E-state index is 0.731. The lowest BCUT2D eigenvalue weighted by Crippen LogP contribution is -1.91. The largest absolute Gasteiger partial charge is 0.497 e. The molecule has 2 heterocycles. The van der Waals surface area contributed by atoms with Gasteiger partial charge in [-0.05, 0) is 6.08 Å². The standard InChI is InChI=1S/C6H8OS/c1-3-7-5-2-4-8-6(1)5/h2,6H,1,3-4H2. The van der Waals surface area contributed by atoms with Crippen LogP contribution in [-0.2, 0) is 4.74 Å². The SMILES string of the molecule is C1=C2OCCC2SC1. The summed E-state index contributed by atoms with van der Waals surface area (Å²) in [5.41, 5.74) is 0. The molecule has 44 valence electrons. The second-order valence-corrected chi connectivity index (χ2v) is 3.30. The molecule has 0 amide bonds. The van der Waals surface area contributed by atoms with Gasteiger partial charge in [0.15, 0.2) is 0 Å². The van der Waals surface area contributed by atoms with Crippen LogP contribution in [0.1, 0.15) is 6.42 Å². The summed E-state index contributed by atoms with van der Waals surface area (Å²) in [5.74, 6) is 2.41. The summed E-state index contributed by atoms with van der Waals surface area (Å²) in [6.07, 6.45) is 3.43. The van der Waals surface area contributed by atoms with E-state index in [2.05, 4.69) is 6.08 Å². The lowest BCUT2D eigenvalue weighted by molar-refractivity contribution is 0.264. The monoisotopic (exact) mass is 128 g/mol. The summed E-state index contributed by atoms with van der Waals surface area (Å²) < 4.78 is 5.32. The third-order valence-electron chi connectivity index (χ3n) is 1.55. The van der Waals surface area contributed by atoms with Gasteiger partial charge in [-0.25, -0.2) is 0 Å². The van der Waals surface area contributed by atoms with E-state index in [0.29, 0.717) is 0 Å². The van der Waals surface area contributed by atoms with Crippen molar-refractivity contribution in [3.8, 4) is 0 Å². The molecule has 2 rings (SSSR count). The number of fused-ring (bicyclic) bond motifs is 1. The van der Waals surface area contributed by atoms with E-state index in [1.54, 1.807) is 0 Å². The highest BCUT2D eigenvalue weighted by Gasteiger charge is 2.26.